The van der Waals surface area contributed by atoms with Gasteiger partial charge in [0.25, 0.3) is 10.1 Å². The molecule has 1 aromatic carbocycles. The van der Waals surface area contributed by atoms with Crippen molar-refractivity contribution >= 4 is 10.1 Å². The number of hydrogen-bond donors (Lipinski definition) is 1. The molecule has 25 heavy (non-hydrogen) atoms. The van der Waals surface area contributed by atoms with Gasteiger partial charge in [0.1, 0.15) is 0 Å². The van der Waals surface area contributed by atoms with Crippen LogP contribution in [0.25, 0.3) is 0 Å². The molecule has 138 valence electrons. The van der Waals surface area contributed by atoms with Crippen molar-refractivity contribution in [2.75, 3.05) is 0 Å². The molecule has 0 atom stereocenters. The summed E-state index contributed by atoms with van der Waals surface area (Å²) >= 11 is 0. The zero-order valence-corrected chi connectivity index (χ0v) is 18.6. The van der Waals surface area contributed by atoms with Crippen molar-refractivity contribution in [2.45, 2.75) is 88.9 Å². The van der Waals surface area contributed by atoms with Crippen molar-refractivity contribution in [3.8, 4) is 5.75 Å². The number of benzene rings is 1. The molecule has 1 rings (SSSR count). The first-order chi connectivity index (χ1) is 11.5. The Morgan fingerprint density at radius 3 is 1.84 bits per heavy atom. The summed E-state index contributed by atoms with van der Waals surface area (Å²) in [6, 6.07) is 4.31. The first-order valence-electron chi connectivity index (χ1n) is 9.23. The molecule has 1 aromatic rings. The van der Waals surface area contributed by atoms with E-state index in [1.54, 1.807) is 6.07 Å². The van der Waals surface area contributed by atoms with Gasteiger partial charge in [-0.05, 0) is 18.9 Å². The molecule has 0 unspecified atom stereocenters. The van der Waals surface area contributed by atoms with Crippen LogP contribution in [0.15, 0.2) is 23.1 Å². The minimum absolute atomic E-state index is 0. The zero-order chi connectivity index (χ0) is 17.8. The van der Waals surface area contributed by atoms with Crippen LogP contribution in [0.5, 0.6) is 5.75 Å². The normalized spacial score (nSPS) is 11.3. The van der Waals surface area contributed by atoms with Crippen LogP contribution < -0.4 is 34.7 Å². The molecular formula is C19H31NaO4S. The molecule has 0 radical (unpaired) electrons. The summed E-state index contributed by atoms with van der Waals surface area (Å²) in [5.74, 6) is -0.563. The summed E-state index contributed by atoms with van der Waals surface area (Å²) in [7, 11) is -4.42. The van der Waals surface area contributed by atoms with E-state index in [2.05, 4.69) is 6.92 Å². The van der Waals surface area contributed by atoms with E-state index in [0.29, 0.717) is 12.0 Å². The number of unbranched alkanes of at least 4 members (excludes halogenated alkanes) is 10. The first-order valence-corrected chi connectivity index (χ1v) is 10.7. The maximum Gasteiger partial charge on any atom is 1.00 e. The largest absolute Gasteiger partial charge is 1.00 e. The minimum atomic E-state index is -4.42. The van der Waals surface area contributed by atoms with Crippen LogP contribution in [0, 0.1) is 0 Å². The monoisotopic (exact) mass is 378 g/mol. The van der Waals surface area contributed by atoms with Gasteiger partial charge in [-0.1, -0.05) is 94.6 Å². The maximum atomic E-state index is 12.0. The Bertz CT molecular complexity index is 573. The Morgan fingerprint density at radius 1 is 0.880 bits per heavy atom. The third-order valence-corrected chi connectivity index (χ3v) is 5.27. The van der Waals surface area contributed by atoms with Crippen molar-refractivity contribution in [2.24, 2.45) is 0 Å². The van der Waals surface area contributed by atoms with Crippen LogP contribution in [0.3, 0.4) is 0 Å². The van der Waals surface area contributed by atoms with Gasteiger partial charge in [0.15, 0.2) is 0 Å². The van der Waals surface area contributed by atoms with Crippen LogP contribution in [-0.2, 0) is 16.5 Å². The van der Waals surface area contributed by atoms with Crippen molar-refractivity contribution in [1.82, 2.24) is 0 Å². The van der Waals surface area contributed by atoms with Gasteiger partial charge >= 0.3 is 29.6 Å². The van der Waals surface area contributed by atoms with Gasteiger partial charge in [0, 0.05) is 0 Å². The SMILES string of the molecule is CCCCCCCCCCCCCc1cccc(S(=O)(=O)O)c1[O-].[Na+]. The van der Waals surface area contributed by atoms with E-state index >= 15 is 0 Å². The van der Waals surface area contributed by atoms with Gasteiger partial charge in [-0.15, -0.1) is 0 Å². The predicted molar refractivity (Wildman–Crippen MR) is 95.9 cm³/mol. The summed E-state index contributed by atoms with van der Waals surface area (Å²) < 4.78 is 31.3. The second kappa shape index (κ2) is 14.0. The Hall–Kier alpha value is -0.0700. The summed E-state index contributed by atoms with van der Waals surface area (Å²) in [6.07, 6.45) is 14.1. The van der Waals surface area contributed by atoms with Crippen LogP contribution in [-0.4, -0.2) is 13.0 Å². The number of para-hydroxylation sites is 1. The van der Waals surface area contributed by atoms with E-state index < -0.39 is 20.8 Å². The van der Waals surface area contributed by atoms with Gasteiger partial charge in [-0.2, -0.15) is 8.42 Å². The molecule has 6 heteroatoms. The Balaban J connectivity index is 0.00000576. The summed E-state index contributed by atoms with van der Waals surface area (Å²) in [6.45, 7) is 2.23. The van der Waals surface area contributed by atoms with E-state index in [9.17, 15) is 13.5 Å². The quantitative estimate of drug-likeness (QED) is 0.323. The second-order valence-electron chi connectivity index (χ2n) is 6.50. The molecule has 1 N–H and O–H groups in total. The third-order valence-electron chi connectivity index (χ3n) is 4.39. The smallest absolute Gasteiger partial charge is 0.871 e. The van der Waals surface area contributed by atoms with E-state index in [1.807, 2.05) is 0 Å². The summed E-state index contributed by atoms with van der Waals surface area (Å²) in [5.41, 5.74) is 0.473. The van der Waals surface area contributed by atoms with E-state index in [4.69, 9.17) is 4.55 Å². The van der Waals surface area contributed by atoms with Crippen LogP contribution >= 0.6 is 0 Å². The van der Waals surface area contributed by atoms with Crippen molar-refractivity contribution in [3.63, 3.8) is 0 Å². The number of hydrogen-bond acceptors (Lipinski definition) is 3. The molecule has 0 aliphatic heterocycles. The topological polar surface area (TPSA) is 77.4 Å². The molecule has 0 bridgehead atoms. The predicted octanol–water partition coefficient (Wildman–Crippen LogP) is 1.86. The molecule has 0 heterocycles. The van der Waals surface area contributed by atoms with Gasteiger partial charge in [0.2, 0.25) is 0 Å². The molecule has 4 nitrogen and oxygen atoms in total. The first kappa shape index (κ1) is 24.9. The Morgan fingerprint density at radius 2 is 1.36 bits per heavy atom. The maximum absolute atomic E-state index is 12.0. The fraction of sp³-hybridized carbons (Fsp3) is 0.684. The average Bonchev–Trinajstić information content (AvgIpc) is 2.53. The molecule has 0 saturated heterocycles. The van der Waals surface area contributed by atoms with Gasteiger partial charge in [0.05, 0.1) is 4.90 Å². The fourth-order valence-corrected chi connectivity index (χ4v) is 3.56. The summed E-state index contributed by atoms with van der Waals surface area (Å²) in [4.78, 5) is -0.511. The van der Waals surface area contributed by atoms with Crippen molar-refractivity contribution in [1.29, 1.82) is 0 Å². The molecule has 0 amide bonds. The molecule has 0 spiro atoms. The molecule has 0 fully saturated rings. The Labute approximate surface area is 175 Å². The fourth-order valence-electron chi connectivity index (χ4n) is 2.94. The molecule has 0 saturated carbocycles. The number of rotatable bonds is 13. The molecule has 0 aliphatic carbocycles. The van der Waals surface area contributed by atoms with Crippen LogP contribution in [0.4, 0.5) is 0 Å². The van der Waals surface area contributed by atoms with Crippen molar-refractivity contribution < 1.29 is 47.6 Å². The van der Waals surface area contributed by atoms with Crippen molar-refractivity contribution in [3.05, 3.63) is 23.8 Å². The van der Waals surface area contributed by atoms with E-state index in [1.165, 1.54) is 57.4 Å². The second-order valence-corrected chi connectivity index (χ2v) is 7.89. The summed E-state index contributed by atoms with van der Waals surface area (Å²) in [5, 5.41) is 12.0. The average molecular weight is 379 g/mol. The van der Waals surface area contributed by atoms with E-state index in [0.717, 1.165) is 25.3 Å². The van der Waals surface area contributed by atoms with Gasteiger partial charge in [-0.25, -0.2) is 0 Å². The van der Waals surface area contributed by atoms with Gasteiger partial charge < -0.3 is 5.11 Å². The zero-order valence-electron chi connectivity index (χ0n) is 15.8. The van der Waals surface area contributed by atoms with Gasteiger partial charge in [-0.3, -0.25) is 4.55 Å². The molecule has 0 aromatic heterocycles. The minimum Gasteiger partial charge on any atom is -0.871 e. The Kier molecular flexibility index (Phi) is 14.0. The number of aryl methyl sites for hydroxylation is 1. The standard InChI is InChI=1S/C19H32O4S.Na/c1-2-3-4-5-6-7-8-9-10-11-12-14-17-15-13-16-18(19(17)20)24(21,22)23;/h13,15-16,20H,2-12,14H2,1H3,(H,21,22,23);/q;+1/p-1. The van der Waals surface area contributed by atoms with Crippen LogP contribution in [0.1, 0.15) is 83.1 Å². The third kappa shape index (κ3) is 10.6. The molecular weight excluding hydrogens is 347 g/mol. The van der Waals surface area contributed by atoms with Crippen LogP contribution in [0.2, 0.25) is 0 Å². The molecule has 0 aliphatic rings. The van der Waals surface area contributed by atoms with E-state index in [-0.39, 0.29) is 29.6 Å².